The fraction of sp³-hybridized carbons (Fsp3) is 0.222. The first-order valence-electron chi connectivity index (χ1n) is 11.1. The largest absolute Gasteiger partial charge is 0.444 e. The number of nitrogens with one attached hydrogen (secondary N) is 2. The van der Waals surface area contributed by atoms with E-state index < -0.39 is 11.7 Å². The van der Waals surface area contributed by atoms with Crippen molar-refractivity contribution in [1.29, 1.82) is 0 Å². The second kappa shape index (κ2) is 9.79. The maximum atomic E-state index is 12.6. The van der Waals surface area contributed by atoms with Crippen molar-refractivity contribution in [2.75, 3.05) is 5.32 Å². The van der Waals surface area contributed by atoms with Crippen LogP contribution in [0.4, 0.5) is 10.5 Å². The van der Waals surface area contributed by atoms with Crippen LogP contribution in [-0.2, 0) is 17.8 Å². The molecule has 3 aromatic carbocycles. The monoisotopic (exact) mass is 456 g/mol. The number of hydrogen-bond acceptors (Lipinski definition) is 4. The SMILES string of the molecule is CC(C)(C)OC(=O)Nc1cccc(C(=O)NCc2ccc(Cn3cnc4ccccc43)cc2)c1. The van der Waals surface area contributed by atoms with E-state index in [0.717, 1.165) is 28.7 Å². The van der Waals surface area contributed by atoms with Gasteiger partial charge >= 0.3 is 6.09 Å². The summed E-state index contributed by atoms with van der Waals surface area (Å²) in [5.74, 6) is -0.221. The summed E-state index contributed by atoms with van der Waals surface area (Å²) in [5, 5.41) is 5.58. The average molecular weight is 457 g/mol. The minimum atomic E-state index is -0.596. The third kappa shape index (κ3) is 6.01. The molecule has 7 heteroatoms. The zero-order valence-corrected chi connectivity index (χ0v) is 19.5. The van der Waals surface area contributed by atoms with Crippen LogP contribution in [0.25, 0.3) is 11.0 Å². The minimum Gasteiger partial charge on any atom is -0.444 e. The van der Waals surface area contributed by atoms with Crippen molar-refractivity contribution >= 4 is 28.7 Å². The highest BCUT2D eigenvalue weighted by atomic mass is 16.6. The molecule has 7 nitrogen and oxygen atoms in total. The molecule has 0 aliphatic rings. The molecule has 174 valence electrons. The third-order valence-electron chi connectivity index (χ3n) is 5.13. The highest BCUT2D eigenvalue weighted by Gasteiger charge is 2.16. The van der Waals surface area contributed by atoms with Gasteiger partial charge in [0, 0.05) is 24.3 Å². The normalized spacial score (nSPS) is 11.3. The molecule has 0 bridgehead atoms. The zero-order valence-electron chi connectivity index (χ0n) is 19.5. The van der Waals surface area contributed by atoms with Crippen molar-refractivity contribution in [3.8, 4) is 0 Å². The van der Waals surface area contributed by atoms with E-state index in [1.54, 1.807) is 45.0 Å². The number of para-hydroxylation sites is 2. The lowest BCUT2D eigenvalue weighted by Gasteiger charge is -2.19. The summed E-state index contributed by atoms with van der Waals surface area (Å²) < 4.78 is 7.37. The molecule has 0 spiro atoms. The van der Waals surface area contributed by atoms with Gasteiger partial charge in [0.15, 0.2) is 0 Å². The maximum Gasteiger partial charge on any atom is 0.412 e. The van der Waals surface area contributed by atoms with Gasteiger partial charge in [-0.1, -0.05) is 42.5 Å². The van der Waals surface area contributed by atoms with Crippen LogP contribution in [0.5, 0.6) is 0 Å². The number of benzene rings is 3. The summed E-state index contributed by atoms with van der Waals surface area (Å²) in [6.07, 6.45) is 1.29. The van der Waals surface area contributed by atoms with Crippen molar-refractivity contribution in [3.05, 3.63) is 95.8 Å². The third-order valence-corrected chi connectivity index (χ3v) is 5.13. The van der Waals surface area contributed by atoms with Crippen LogP contribution in [0.2, 0.25) is 0 Å². The standard InChI is InChI=1S/C27H28N4O3/c1-27(2,3)34-26(33)30-22-8-6-7-21(15-22)25(32)28-16-19-11-13-20(14-12-19)17-31-18-29-23-9-4-5-10-24(23)31/h4-15,18H,16-17H2,1-3H3,(H,28,32)(H,30,33). The Morgan fingerprint density at radius 3 is 2.44 bits per heavy atom. The predicted octanol–water partition coefficient (Wildman–Crippen LogP) is 5.36. The van der Waals surface area contributed by atoms with Gasteiger partial charge in [0.25, 0.3) is 5.91 Å². The molecule has 0 radical (unpaired) electrons. The molecule has 34 heavy (non-hydrogen) atoms. The molecular weight excluding hydrogens is 428 g/mol. The lowest BCUT2D eigenvalue weighted by atomic mass is 10.1. The number of ether oxygens (including phenoxy) is 1. The lowest BCUT2D eigenvalue weighted by Crippen LogP contribution is -2.27. The first kappa shape index (κ1) is 23.0. The second-order valence-corrected chi connectivity index (χ2v) is 9.07. The van der Waals surface area contributed by atoms with Crippen LogP contribution >= 0.6 is 0 Å². The summed E-state index contributed by atoms with van der Waals surface area (Å²) in [6, 6.07) is 22.9. The first-order valence-corrected chi connectivity index (χ1v) is 11.1. The van der Waals surface area contributed by atoms with E-state index in [0.29, 0.717) is 17.8 Å². The van der Waals surface area contributed by atoms with E-state index in [1.807, 2.05) is 36.7 Å². The molecule has 0 saturated heterocycles. The molecule has 2 N–H and O–H groups in total. The van der Waals surface area contributed by atoms with Crippen molar-refractivity contribution < 1.29 is 14.3 Å². The zero-order chi connectivity index (χ0) is 24.1. The Morgan fingerprint density at radius 1 is 0.941 bits per heavy atom. The number of carbonyl (C=O) groups excluding carboxylic acids is 2. The summed E-state index contributed by atoms with van der Waals surface area (Å²) in [6.45, 7) is 6.51. The molecule has 0 saturated carbocycles. The average Bonchev–Trinajstić information content (AvgIpc) is 3.20. The number of rotatable bonds is 6. The van der Waals surface area contributed by atoms with Crippen LogP contribution in [0.1, 0.15) is 42.3 Å². The molecule has 0 unspecified atom stereocenters. The molecule has 2 amide bonds. The number of fused-ring (bicyclic) bond motifs is 1. The Labute approximate surface area is 198 Å². The first-order chi connectivity index (χ1) is 16.3. The summed E-state index contributed by atoms with van der Waals surface area (Å²) in [5.41, 5.74) is 4.58. The second-order valence-electron chi connectivity index (χ2n) is 9.07. The van der Waals surface area contributed by atoms with Crippen LogP contribution in [-0.4, -0.2) is 27.2 Å². The lowest BCUT2D eigenvalue weighted by molar-refractivity contribution is 0.0635. The molecule has 0 aliphatic heterocycles. The quantitative estimate of drug-likeness (QED) is 0.409. The topological polar surface area (TPSA) is 85.2 Å². The van der Waals surface area contributed by atoms with E-state index >= 15 is 0 Å². The van der Waals surface area contributed by atoms with Crippen molar-refractivity contribution in [1.82, 2.24) is 14.9 Å². The Bertz CT molecular complexity index is 1300. The summed E-state index contributed by atoms with van der Waals surface area (Å²) in [7, 11) is 0. The van der Waals surface area contributed by atoms with Gasteiger partial charge in [-0.15, -0.1) is 0 Å². The number of anilines is 1. The molecule has 4 aromatic rings. The fourth-order valence-corrected chi connectivity index (χ4v) is 3.54. The number of aromatic nitrogens is 2. The highest BCUT2D eigenvalue weighted by molar-refractivity contribution is 5.96. The summed E-state index contributed by atoms with van der Waals surface area (Å²) in [4.78, 5) is 29.0. The van der Waals surface area contributed by atoms with Crippen LogP contribution in [0.3, 0.4) is 0 Å². The van der Waals surface area contributed by atoms with Crippen LogP contribution in [0.15, 0.2) is 79.1 Å². The smallest absolute Gasteiger partial charge is 0.412 e. The van der Waals surface area contributed by atoms with Gasteiger partial charge in [-0.05, 0) is 62.2 Å². The summed E-state index contributed by atoms with van der Waals surface area (Å²) >= 11 is 0. The van der Waals surface area contributed by atoms with E-state index in [9.17, 15) is 9.59 Å². The highest BCUT2D eigenvalue weighted by Crippen LogP contribution is 2.16. The predicted molar refractivity (Wildman–Crippen MR) is 133 cm³/mol. The fourth-order valence-electron chi connectivity index (χ4n) is 3.54. The number of imidazole rings is 1. The van der Waals surface area contributed by atoms with E-state index in [1.165, 1.54) is 0 Å². The molecule has 0 atom stereocenters. The Hall–Kier alpha value is -4.13. The maximum absolute atomic E-state index is 12.6. The van der Waals surface area contributed by atoms with Gasteiger partial charge in [-0.3, -0.25) is 10.1 Å². The molecule has 4 rings (SSSR count). The van der Waals surface area contributed by atoms with Gasteiger partial charge in [-0.2, -0.15) is 0 Å². The van der Waals surface area contributed by atoms with Crippen LogP contribution in [0, 0.1) is 0 Å². The number of nitrogens with zero attached hydrogens (tertiary/aromatic N) is 2. The van der Waals surface area contributed by atoms with Crippen molar-refractivity contribution in [2.24, 2.45) is 0 Å². The number of carbonyl (C=O) groups is 2. The Kier molecular flexibility index (Phi) is 6.63. The molecule has 0 fully saturated rings. The van der Waals surface area contributed by atoms with Gasteiger partial charge in [0.05, 0.1) is 17.4 Å². The molecule has 0 aliphatic carbocycles. The van der Waals surface area contributed by atoms with Crippen molar-refractivity contribution in [2.45, 2.75) is 39.5 Å². The number of amides is 2. The van der Waals surface area contributed by atoms with Crippen LogP contribution < -0.4 is 10.6 Å². The number of hydrogen-bond donors (Lipinski definition) is 2. The van der Waals surface area contributed by atoms with Gasteiger partial charge < -0.3 is 14.6 Å². The van der Waals surface area contributed by atoms with Gasteiger partial charge in [-0.25, -0.2) is 9.78 Å². The van der Waals surface area contributed by atoms with Crippen molar-refractivity contribution in [3.63, 3.8) is 0 Å². The van der Waals surface area contributed by atoms with Gasteiger partial charge in [0.2, 0.25) is 0 Å². The van der Waals surface area contributed by atoms with E-state index in [4.69, 9.17) is 4.74 Å². The van der Waals surface area contributed by atoms with E-state index in [-0.39, 0.29) is 5.91 Å². The minimum absolute atomic E-state index is 0.221. The molecule has 1 heterocycles. The van der Waals surface area contributed by atoms with Gasteiger partial charge in [0.1, 0.15) is 5.60 Å². The molecular formula is C27H28N4O3. The Morgan fingerprint density at radius 2 is 1.68 bits per heavy atom. The Balaban J connectivity index is 1.33. The molecule has 1 aromatic heterocycles. The van der Waals surface area contributed by atoms with E-state index in [2.05, 4.69) is 38.4 Å².